The molecule has 3 aliphatic rings. The largest absolute Gasteiger partial charge is 0.378 e. The van der Waals surface area contributed by atoms with Gasteiger partial charge in [-0.05, 0) is 50.9 Å². The van der Waals surface area contributed by atoms with Crippen LogP contribution in [0.15, 0.2) is 0 Å². The highest BCUT2D eigenvalue weighted by molar-refractivity contribution is 4.79. The van der Waals surface area contributed by atoms with Crippen molar-refractivity contribution in [2.75, 3.05) is 33.0 Å². The van der Waals surface area contributed by atoms with Crippen LogP contribution in [0, 0.1) is 5.92 Å². The lowest BCUT2D eigenvalue weighted by atomic mass is 9.86. The summed E-state index contributed by atoms with van der Waals surface area (Å²) in [7, 11) is 0. The van der Waals surface area contributed by atoms with E-state index in [1.807, 2.05) is 0 Å². The maximum Gasteiger partial charge on any atom is 0.157 e. The van der Waals surface area contributed by atoms with E-state index in [2.05, 4.69) is 6.92 Å². The minimum atomic E-state index is 0.0147. The van der Waals surface area contributed by atoms with E-state index >= 15 is 0 Å². The first-order valence-electron chi connectivity index (χ1n) is 9.37. The van der Waals surface area contributed by atoms with E-state index < -0.39 is 0 Å². The molecule has 0 aromatic carbocycles. The number of ether oxygens (including phenoxy) is 5. The summed E-state index contributed by atoms with van der Waals surface area (Å²) >= 11 is 0. The van der Waals surface area contributed by atoms with Gasteiger partial charge in [0.2, 0.25) is 0 Å². The molecule has 0 bridgehead atoms. The minimum absolute atomic E-state index is 0.0147. The highest BCUT2D eigenvalue weighted by atomic mass is 16.7. The van der Waals surface area contributed by atoms with Gasteiger partial charge in [-0.2, -0.15) is 0 Å². The highest BCUT2D eigenvalue weighted by Crippen LogP contribution is 2.29. The molecule has 5 unspecified atom stereocenters. The summed E-state index contributed by atoms with van der Waals surface area (Å²) in [6.45, 7) is 6.25. The molecule has 134 valence electrons. The van der Waals surface area contributed by atoms with Crippen molar-refractivity contribution in [3.63, 3.8) is 0 Å². The molecule has 2 heterocycles. The average molecular weight is 328 g/mol. The fraction of sp³-hybridized carbons (Fsp3) is 1.00. The predicted octanol–water partition coefficient (Wildman–Crippen LogP) is 2.91. The molecule has 3 fully saturated rings. The monoisotopic (exact) mass is 328 g/mol. The van der Waals surface area contributed by atoms with E-state index in [1.54, 1.807) is 0 Å². The highest BCUT2D eigenvalue weighted by Gasteiger charge is 2.30. The predicted molar refractivity (Wildman–Crippen MR) is 86.4 cm³/mol. The molecule has 0 N–H and O–H groups in total. The molecule has 0 amide bonds. The number of hydrogen-bond donors (Lipinski definition) is 0. The molecule has 2 aliphatic heterocycles. The Kier molecular flexibility index (Phi) is 7.14. The second kappa shape index (κ2) is 9.33. The van der Waals surface area contributed by atoms with Crippen molar-refractivity contribution in [3.8, 4) is 0 Å². The molecule has 0 spiro atoms. The summed E-state index contributed by atoms with van der Waals surface area (Å²) in [6.07, 6.45) is 8.69. The molecule has 3 rings (SSSR count). The van der Waals surface area contributed by atoms with Gasteiger partial charge in [-0.1, -0.05) is 6.92 Å². The molecule has 5 atom stereocenters. The zero-order chi connectivity index (χ0) is 15.9. The van der Waals surface area contributed by atoms with Gasteiger partial charge < -0.3 is 23.7 Å². The van der Waals surface area contributed by atoms with Crippen LogP contribution in [0.4, 0.5) is 0 Å². The van der Waals surface area contributed by atoms with E-state index in [9.17, 15) is 0 Å². The van der Waals surface area contributed by atoms with E-state index in [0.717, 1.165) is 65.1 Å². The third-order valence-corrected chi connectivity index (χ3v) is 4.86. The van der Waals surface area contributed by atoms with Crippen LogP contribution in [0.2, 0.25) is 0 Å². The summed E-state index contributed by atoms with van der Waals surface area (Å²) in [6, 6.07) is 0. The van der Waals surface area contributed by atoms with Crippen LogP contribution in [0.1, 0.15) is 51.9 Å². The van der Waals surface area contributed by atoms with Crippen LogP contribution >= 0.6 is 0 Å². The van der Waals surface area contributed by atoms with Crippen molar-refractivity contribution in [3.05, 3.63) is 0 Å². The molecule has 23 heavy (non-hydrogen) atoms. The maximum absolute atomic E-state index is 6.06. The summed E-state index contributed by atoms with van der Waals surface area (Å²) in [5.74, 6) is 0.672. The fourth-order valence-electron chi connectivity index (χ4n) is 3.53. The fourth-order valence-corrected chi connectivity index (χ4v) is 3.53. The van der Waals surface area contributed by atoms with E-state index in [0.29, 0.717) is 24.2 Å². The van der Waals surface area contributed by atoms with E-state index in [4.69, 9.17) is 23.7 Å². The Hall–Kier alpha value is -0.200. The maximum atomic E-state index is 6.06. The first-order valence-corrected chi connectivity index (χ1v) is 9.37. The molecular weight excluding hydrogens is 296 g/mol. The SMILES string of the molecule is CC1CC(OCCCOC2CCCCO2)CC(OCC2CO2)C1. The molecule has 0 radical (unpaired) electrons. The first kappa shape index (κ1) is 17.6. The Morgan fingerprint density at radius 1 is 0.913 bits per heavy atom. The molecular formula is C18H32O5. The van der Waals surface area contributed by atoms with E-state index in [-0.39, 0.29) is 6.29 Å². The molecule has 0 aromatic heterocycles. The number of hydrogen-bond acceptors (Lipinski definition) is 5. The van der Waals surface area contributed by atoms with Crippen LogP contribution in [0.25, 0.3) is 0 Å². The lowest BCUT2D eigenvalue weighted by Crippen LogP contribution is -2.33. The van der Waals surface area contributed by atoms with Crippen molar-refractivity contribution in [1.82, 2.24) is 0 Å². The lowest BCUT2D eigenvalue weighted by molar-refractivity contribution is -0.165. The van der Waals surface area contributed by atoms with Crippen LogP contribution in [-0.4, -0.2) is 57.6 Å². The molecule has 5 nitrogen and oxygen atoms in total. The topological polar surface area (TPSA) is 49.5 Å². The van der Waals surface area contributed by atoms with Crippen LogP contribution in [-0.2, 0) is 23.7 Å². The first-order chi connectivity index (χ1) is 11.3. The minimum Gasteiger partial charge on any atom is -0.378 e. The Morgan fingerprint density at radius 2 is 1.70 bits per heavy atom. The molecule has 1 aliphatic carbocycles. The summed E-state index contributed by atoms with van der Waals surface area (Å²) < 4.78 is 28.6. The van der Waals surface area contributed by atoms with Crippen molar-refractivity contribution >= 4 is 0 Å². The third kappa shape index (κ3) is 6.67. The van der Waals surface area contributed by atoms with Crippen molar-refractivity contribution in [2.45, 2.75) is 76.5 Å². The van der Waals surface area contributed by atoms with Crippen molar-refractivity contribution in [2.24, 2.45) is 5.92 Å². The number of rotatable bonds is 9. The van der Waals surface area contributed by atoms with E-state index in [1.165, 1.54) is 12.8 Å². The smallest absolute Gasteiger partial charge is 0.157 e. The van der Waals surface area contributed by atoms with Gasteiger partial charge >= 0.3 is 0 Å². The standard InChI is InChI=1S/C18H32O5/c1-14-9-15(11-16(10-14)22-12-17-13-23-17)19-7-4-8-21-18-5-2-3-6-20-18/h14-18H,2-13H2,1H3. The zero-order valence-electron chi connectivity index (χ0n) is 14.4. The van der Waals surface area contributed by atoms with Gasteiger partial charge in [0.15, 0.2) is 6.29 Å². The van der Waals surface area contributed by atoms with Gasteiger partial charge in [-0.15, -0.1) is 0 Å². The van der Waals surface area contributed by atoms with Crippen LogP contribution in [0.3, 0.4) is 0 Å². The van der Waals surface area contributed by atoms with Crippen LogP contribution < -0.4 is 0 Å². The quantitative estimate of drug-likeness (QED) is 0.481. The lowest BCUT2D eigenvalue weighted by Gasteiger charge is -2.33. The Bertz CT molecular complexity index is 327. The molecule has 2 saturated heterocycles. The van der Waals surface area contributed by atoms with Gasteiger partial charge in [0.1, 0.15) is 6.10 Å². The van der Waals surface area contributed by atoms with Gasteiger partial charge in [-0.3, -0.25) is 0 Å². The molecule has 1 saturated carbocycles. The number of epoxide rings is 1. The second-order valence-electron chi connectivity index (χ2n) is 7.24. The zero-order valence-corrected chi connectivity index (χ0v) is 14.4. The Balaban J connectivity index is 1.24. The van der Waals surface area contributed by atoms with Gasteiger partial charge in [0.05, 0.1) is 32.0 Å². The summed E-state index contributed by atoms with van der Waals surface area (Å²) in [5, 5.41) is 0. The molecule has 5 heteroatoms. The van der Waals surface area contributed by atoms with Gasteiger partial charge in [0.25, 0.3) is 0 Å². The normalized spacial score (nSPS) is 37.7. The summed E-state index contributed by atoms with van der Waals surface area (Å²) in [5.41, 5.74) is 0. The Morgan fingerprint density at radius 3 is 2.43 bits per heavy atom. The van der Waals surface area contributed by atoms with Gasteiger partial charge in [-0.25, -0.2) is 0 Å². The molecule has 0 aromatic rings. The van der Waals surface area contributed by atoms with Crippen molar-refractivity contribution in [1.29, 1.82) is 0 Å². The second-order valence-corrected chi connectivity index (χ2v) is 7.24. The van der Waals surface area contributed by atoms with Gasteiger partial charge in [0, 0.05) is 13.2 Å². The Labute approximate surface area is 139 Å². The van der Waals surface area contributed by atoms with Crippen molar-refractivity contribution < 1.29 is 23.7 Å². The van der Waals surface area contributed by atoms with Crippen LogP contribution in [0.5, 0.6) is 0 Å². The summed E-state index contributed by atoms with van der Waals surface area (Å²) in [4.78, 5) is 0. The average Bonchev–Trinajstić information content (AvgIpc) is 3.38. The third-order valence-electron chi connectivity index (χ3n) is 4.86.